The molecule has 0 saturated heterocycles. The van der Waals surface area contributed by atoms with Crippen LogP contribution in [0.3, 0.4) is 0 Å². The molecule has 0 bridgehead atoms. The van der Waals surface area contributed by atoms with E-state index in [9.17, 15) is 4.79 Å². The molecule has 2 N–H and O–H groups in total. The van der Waals surface area contributed by atoms with Crippen LogP contribution < -0.4 is 5.73 Å². The Morgan fingerprint density at radius 1 is 1.47 bits per heavy atom. The van der Waals surface area contributed by atoms with E-state index in [0.29, 0.717) is 23.6 Å². The predicted molar refractivity (Wildman–Crippen MR) is 67.0 cm³/mol. The van der Waals surface area contributed by atoms with Crippen molar-refractivity contribution in [3.8, 4) is 0 Å². The second-order valence-corrected chi connectivity index (χ2v) is 4.83. The smallest absolute Gasteiger partial charge is 0.163 e. The number of carbonyl (C=O) groups excluding carboxylic acids is 1. The number of halogens is 1. The first kappa shape index (κ1) is 12.2. The fourth-order valence-electron chi connectivity index (χ4n) is 1.35. The minimum atomic E-state index is 0.164. The molecule has 0 aliphatic rings. The fraction of sp³-hybridized carbons (Fsp3) is 0.417. The lowest BCUT2D eigenvalue weighted by molar-refractivity contribution is 0.0963. The van der Waals surface area contributed by atoms with Crippen molar-refractivity contribution in [3.05, 3.63) is 28.2 Å². The van der Waals surface area contributed by atoms with Gasteiger partial charge in [0.15, 0.2) is 5.78 Å². The van der Waals surface area contributed by atoms with Crippen LogP contribution in [0, 0.1) is 5.92 Å². The Balaban J connectivity index is 2.82. The van der Waals surface area contributed by atoms with E-state index in [1.807, 2.05) is 6.07 Å². The van der Waals surface area contributed by atoms with E-state index >= 15 is 0 Å². The minimum absolute atomic E-state index is 0.164. The van der Waals surface area contributed by atoms with Crippen LogP contribution in [0.2, 0.25) is 0 Å². The summed E-state index contributed by atoms with van der Waals surface area (Å²) < 4.78 is 0.856. The molecule has 1 unspecified atom stereocenters. The van der Waals surface area contributed by atoms with E-state index in [4.69, 9.17) is 5.73 Å². The van der Waals surface area contributed by atoms with Gasteiger partial charge in [0.1, 0.15) is 0 Å². The molecule has 82 valence electrons. The van der Waals surface area contributed by atoms with Gasteiger partial charge in [0.2, 0.25) is 0 Å². The maximum Gasteiger partial charge on any atom is 0.163 e. The van der Waals surface area contributed by atoms with Crippen molar-refractivity contribution in [2.45, 2.75) is 26.7 Å². The number of Topliss-reactive ketones (excluding diaryl/α,β-unsaturated/α-hetero) is 1. The van der Waals surface area contributed by atoms with E-state index in [-0.39, 0.29) is 5.78 Å². The third-order valence-corrected chi connectivity index (χ3v) is 2.93. The Morgan fingerprint density at radius 3 is 2.67 bits per heavy atom. The SMILES string of the molecule is CCC(C)CC(=O)c1cc(N)cc(Br)c1. The monoisotopic (exact) mass is 269 g/mol. The highest BCUT2D eigenvalue weighted by molar-refractivity contribution is 9.10. The molecule has 0 aromatic heterocycles. The zero-order chi connectivity index (χ0) is 11.4. The molecule has 0 saturated carbocycles. The Hall–Kier alpha value is -0.830. The molecule has 0 aliphatic carbocycles. The first-order valence-corrected chi connectivity index (χ1v) is 5.91. The van der Waals surface area contributed by atoms with Crippen molar-refractivity contribution < 1.29 is 4.79 Å². The van der Waals surface area contributed by atoms with Crippen molar-refractivity contribution in [1.29, 1.82) is 0 Å². The highest BCUT2D eigenvalue weighted by atomic mass is 79.9. The van der Waals surface area contributed by atoms with Gasteiger partial charge in [-0.2, -0.15) is 0 Å². The molecule has 2 nitrogen and oxygen atoms in total. The molecule has 1 aromatic rings. The second-order valence-electron chi connectivity index (χ2n) is 3.91. The summed E-state index contributed by atoms with van der Waals surface area (Å²) in [7, 11) is 0. The molecular weight excluding hydrogens is 254 g/mol. The van der Waals surface area contributed by atoms with E-state index in [1.165, 1.54) is 0 Å². The van der Waals surface area contributed by atoms with Gasteiger partial charge < -0.3 is 5.73 Å². The molecule has 1 atom stereocenters. The molecular formula is C12H16BrNO. The summed E-state index contributed by atoms with van der Waals surface area (Å²) in [6.07, 6.45) is 1.61. The van der Waals surface area contributed by atoms with Gasteiger partial charge in [-0.15, -0.1) is 0 Å². The van der Waals surface area contributed by atoms with Crippen LogP contribution in [0.25, 0.3) is 0 Å². The molecule has 15 heavy (non-hydrogen) atoms. The van der Waals surface area contributed by atoms with Crippen molar-refractivity contribution in [2.24, 2.45) is 5.92 Å². The fourth-order valence-corrected chi connectivity index (χ4v) is 1.86. The summed E-state index contributed by atoms with van der Waals surface area (Å²) in [6, 6.07) is 5.34. The summed E-state index contributed by atoms with van der Waals surface area (Å²) in [6.45, 7) is 4.17. The molecule has 0 heterocycles. The molecule has 1 rings (SSSR count). The summed E-state index contributed by atoms with van der Waals surface area (Å²) in [5.41, 5.74) is 7.00. The van der Waals surface area contributed by atoms with Crippen molar-refractivity contribution in [1.82, 2.24) is 0 Å². The largest absolute Gasteiger partial charge is 0.399 e. The van der Waals surface area contributed by atoms with Gasteiger partial charge in [-0.25, -0.2) is 0 Å². The quantitative estimate of drug-likeness (QED) is 0.670. The van der Waals surface area contributed by atoms with Gasteiger partial charge in [0.25, 0.3) is 0 Å². The number of nitrogen functional groups attached to an aromatic ring is 1. The van der Waals surface area contributed by atoms with Crippen molar-refractivity contribution >= 4 is 27.4 Å². The molecule has 1 aromatic carbocycles. The lowest BCUT2D eigenvalue weighted by atomic mass is 9.98. The summed E-state index contributed by atoms with van der Waals surface area (Å²) in [5, 5.41) is 0. The lowest BCUT2D eigenvalue weighted by Crippen LogP contribution is -2.05. The van der Waals surface area contributed by atoms with Gasteiger partial charge in [-0.3, -0.25) is 4.79 Å². The number of rotatable bonds is 4. The zero-order valence-corrected chi connectivity index (χ0v) is 10.7. The number of nitrogens with two attached hydrogens (primary N) is 1. The number of hydrogen-bond acceptors (Lipinski definition) is 2. The van der Waals surface area contributed by atoms with Crippen LogP contribution in [0.5, 0.6) is 0 Å². The normalized spacial score (nSPS) is 12.5. The standard InChI is InChI=1S/C12H16BrNO/c1-3-8(2)4-12(15)9-5-10(13)7-11(14)6-9/h5-8H,3-4,14H2,1-2H3. The molecule has 0 radical (unpaired) electrons. The van der Waals surface area contributed by atoms with Gasteiger partial charge in [-0.1, -0.05) is 36.2 Å². The van der Waals surface area contributed by atoms with E-state index in [2.05, 4.69) is 29.8 Å². The predicted octanol–water partition coefficient (Wildman–Crippen LogP) is 3.65. The van der Waals surface area contributed by atoms with Crippen LogP contribution in [0.15, 0.2) is 22.7 Å². The van der Waals surface area contributed by atoms with Crippen molar-refractivity contribution in [3.63, 3.8) is 0 Å². The van der Waals surface area contributed by atoms with Gasteiger partial charge in [-0.05, 0) is 24.1 Å². The number of hydrogen-bond donors (Lipinski definition) is 1. The van der Waals surface area contributed by atoms with Crippen LogP contribution in [0.4, 0.5) is 5.69 Å². The van der Waals surface area contributed by atoms with Gasteiger partial charge in [0.05, 0.1) is 0 Å². The molecule has 3 heteroatoms. The maximum atomic E-state index is 11.8. The minimum Gasteiger partial charge on any atom is -0.399 e. The summed E-state index contributed by atoms with van der Waals surface area (Å²) >= 11 is 3.33. The number of carbonyl (C=O) groups is 1. The topological polar surface area (TPSA) is 43.1 Å². The Bertz CT molecular complexity index is 342. The summed E-state index contributed by atoms with van der Waals surface area (Å²) in [4.78, 5) is 11.8. The lowest BCUT2D eigenvalue weighted by Gasteiger charge is -2.08. The van der Waals surface area contributed by atoms with E-state index < -0.39 is 0 Å². The van der Waals surface area contributed by atoms with Gasteiger partial charge >= 0.3 is 0 Å². The highest BCUT2D eigenvalue weighted by Gasteiger charge is 2.10. The van der Waals surface area contributed by atoms with Crippen LogP contribution >= 0.6 is 15.9 Å². The number of anilines is 1. The van der Waals surface area contributed by atoms with E-state index in [0.717, 1.165) is 10.9 Å². The Labute approximate surface area is 99.0 Å². The summed E-state index contributed by atoms with van der Waals surface area (Å²) in [5.74, 6) is 0.593. The van der Waals surface area contributed by atoms with Crippen LogP contribution in [0.1, 0.15) is 37.0 Å². The first-order valence-electron chi connectivity index (χ1n) is 5.12. The number of ketones is 1. The highest BCUT2D eigenvalue weighted by Crippen LogP contribution is 2.20. The Morgan fingerprint density at radius 2 is 2.13 bits per heavy atom. The second kappa shape index (κ2) is 5.31. The van der Waals surface area contributed by atoms with Gasteiger partial charge in [0, 0.05) is 22.1 Å². The number of benzene rings is 1. The van der Waals surface area contributed by atoms with Crippen LogP contribution in [-0.2, 0) is 0 Å². The van der Waals surface area contributed by atoms with Crippen molar-refractivity contribution in [2.75, 3.05) is 5.73 Å². The zero-order valence-electron chi connectivity index (χ0n) is 9.09. The first-order chi connectivity index (χ1) is 7.02. The third-order valence-electron chi connectivity index (χ3n) is 2.47. The average molecular weight is 270 g/mol. The van der Waals surface area contributed by atoms with E-state index in [1.54, 1.807) is 12.1 Å². The molecule has 0 spiro atoms. The third kappa shape index (κ3) is 3.67. The van der Waals surface area contributed by atoms with Crippen LogP contribution in [-0.4, -0.2) is 5.78 Å². The average Bonchev–Trinajstić information content (AvgIpc) is 2.16. The molecule has 0 amide bonds. The molecule has 0 fully saturated rings. The Kier molecular flexibility index (Phi) is 4.33. The maximum absolute atomic E-state index is 11.8. The molecule has 0 aliphatic heterocycles.